The van der Waals surface area contributed by atoms with E-state index in [1.165, 1.54) is 15.6 Å². The fourth-order valence-corrected chi connectivity index (χ4v) is 6.06. The first-order chi connectivity index (χ1) is 14.0. The zero-order valence-electron chi connectivity index (χ0n) is 16.1. The van der Waals surface area contributed by atoms with E-state index in [0.29, 0.717) is 40.5 Å². The van der Waals surface area contributed by atoms with E-state index < -0.39 is 10.0 Å². The van der Waals surface area contributed by atoms with E-state index >= 15 is 0 Å². The van der Waals surface area contributed by atoms with Crippen molar-refractivity contribution >= 4 is 21.4 Å². The SMILES string of the molecule is COc1ccc(-c2noc([C@@H]3CCCN(S(=O)(=O)c4cccs4)C3)n2)cc1OC. The van der Waals surface area contributed by atoms with E-state index in [2.05, 4.69) is 10.1 Å². The summed E-state index contributed by atoms with van der Waals surface area (Å²) >= 11 is 1.23. The highest BCUT2D eigenvalue weighted by atomic mass is 32.2. The van der Waals surface area contributed by atoms with Gasteiger partial charge < -0.3 is 14.0 Å². The molecule has 0 bridgehead atoms. The van der Waals surface area contributed by atoms with Gasteiger partial charge in [0.2, 0.25) is 11.7 Å². The predicted molar refractivity (Wildman–Crippen MR) is 108 cm³/mol. The van der Waals surface area contributed by atoms with E-state index in [9.17, 15) is 8.42 Å². The molecule has 29 heavy (non-hydrogen) atoms. The largest absolute Gasteiger partial charge is 0.493 e. The number of aromatic nitrogens is 2. The van der Waals surface area contributed by atoms with Gasteiger partial charge in [-0.15, -0.1) is 11.3 Å². The van der Waals surface area contributed by atoms with E-state index in [1.54, 1.807) is 43.9 Å². The van der Waals surface area contributed by atoms with Gasteiger partial charge in [0, 0.05) is 18.7 Å². The second-order valence-electron chi connectivity index (χ2n) is 6.66. The zero-order chi connectivity index (χ0) is 20.4. The Morgan fingerprint density at radius 2 is 2.03 bits per heavy atom. The van der Waals surface area contributed by atoms with Gasteiger partial charge in [0.25, 0.3) is 10.0 Å². The first kappa shape index (κ1) is 19.9. The molecule has 154 valence electrons. The topological polar surface area (TPSA) is 94.8 Å². The van der Waals surface area contributed by atoms with Gasteiger partial charge in [0.1, 0.15) is 4.21 Å². The van der Waals surface area contributed by atoms with Gasteiger partial charge in [-0.3, -0.25) is 0 Å². The smallest absolute Gasteiger partial charge is 0.252 e. The standard InChI is InChI=1S/C19H21N3O5S2/c1-25-15-8-7-13(11-16(15)26-2)18-20-19(27-21-18)14-5-3-9-22(12-14)29(23,24)17-6-4-10-28-17/h4,6-8,10-11,14H,3,5,9,12H2,1-2H3/t14-/m1/s1. The normalized spacial score (nSPS) is 17.9. The third kappa shape index (κ3) is 3.87. The van der Waals surface area contributed by atoms with Crippen LogP contribution in [0, 0.1) is 0 Å². The van der Waals surface area contributed by atoms with E-state index in [0.717, 1.165) is 18.4 Å². The highest BCUT2D eigenvalue weighted by Crippen LogP contribution is 2.34. The van der Waals surface area contributed by atoms with Crippen LogP contribution in [0.15, 0.2) is 44.4 Å². The molecule has 0 spiro atoms. The molecule has 0 unspecified atom stereocenters. The Hall–Kier alpha value is -2.43. The summed E-state index contributed by atoms with van der Waals surface area (Å²) in [4.78, 5) is 4.52. The van der Waals surface area contributed by atoms with Crippen LogP contribution in [0.25, 0.3) is 11.4 Å². The molecule has 1 atom stereocenters. The Morgan fingerprint density at radius 1 is 1.21 bits per heavy atom. The van der Waals surface area contributed by atoms with E-state index in [4.69, 9.17) is 14.0 Å². The molecule has 1 aliphatic rings. The van der Waals surface area contributed by atoms with Crippen LogP contribution in [0.4, 0.5) is 0 Å². The van der Waals surface area contributed by atoms with Crippen LogP contribution >= 0.6 is 11.3 Å². The maximum absolute atomic E-state index is 12.8. The number of methoxy groups -OCH3 is 2. The lowest BCUT2D eigenvalue weighted by molar-refractivity contribution is 0.266. The second-order valence-corrected chi connectivity index (χ2v) is 9.77. The van der Waals surface area contributed by atoms with Gasteiger partial charge in [-0.05, 0) is 42.5 Å². The first-order valence-electron chi connectivity index (χ1n) is 9.12. The zero-order valence-corrected chi connectivity index (χ0v) is 17.7. The Balaban J connectivity index is 1.55. The number of rotatable bonds is 6. The number of thiophene rings is 1. The average molecular weight is 436 g/mol. The summed E-state index contributed by atoms with van der Waals surface area (Å²) < 4.78 is 43.6. The molecule has 1 fully saturated rings. The summed E-state index contributed by atoms with van der Waals surface area (Å²) in [5.74, 6) is 1.92. The molecular weight excluding hydrogens is 414 g/mol. The fourth-order valence-electron chi connectivity index (χ4n) is 3.39. The number of benzene rings is 1. The highest BCUT2D eigenvalue weighted by Gasteiger charge is 2.34. The molecule has 0 radical (unpaired) electrons. The van der Waals surface area contributed by atoms with Crippen molar-refractivity contribution in [3.63, 3.8) is 0 Å². The van der Waals surface area contributed by atoms with Crippen molar-refractivity contribution in [2.24, 2.45) is 0 Å². The van der Waals surface area contributed by atoms with Crippen molar-refractivity contribution in [3.8, 4) is 22.9 Å². The Kier molecular flexibility index (Phi) is 5.57. The maximum Gasteiger partial charge on any atom is 0.252 e. The highest BCUT2D eigenvalue weighted by molar-refractivity contribution is 7.91. The van der Waals surface area contributed by atoms with Crippen molar-refractivity contribution in [1.82, 2.24) is 14.4 Å². The van der Waals surface area contributed by atoms with Crippen molar-refractivity contribution in [2.75, 3.05) is 27.3 Å². The Morgan fingerprint density at radius 3 is 2.76 bits per heavy atom. The van der Waals surface area contributed by atoms with Crippen LogP contribution in [0.5, 0.6) is 11.5 Å². The van der Waals surface area contributed by atoms with Crippen molar-refractivity contribution < 1.29 is 22.4 Å². The van der Waals surface area contributed by atoms with Gasteiger partial charge >= 0.3 is 0 Å². The quantitative estimate of drug-likeness (QED) is 0.586. The molecule has 0 amide bonds. The number of sulfonamides is 1. The molecule has 1 aliphatic heterocycles. The Labute approximate surface area is 173 Å². The van der Waals surface area contributed by atoms with Gasteiger partial charge in [-0.25, -0.2) is 8.42 Å². The third-order valence-electron chi connectivity index (χ3n) is 4.91. The lowest BCUT2D eigenvalue weighted by atomic mass is 10.00. The summed E-state index contributed by atoms with van der Waals surface area (Å²) in [6.45, 7) is 0.821. The molecule has 1 saturated heterocycles. The number of piperidine rings is 1. The summed E-state index contributed by atoms with van der Waals surface area (Å²) in [6.07, 6.45) is 1.54. The predicted octanol–water partition coefficient (Wildman–Crippen LogP) is 3.38. The minimum atomic E-state index is -3.49. The molecule has 3 aromatic rings. The number of hydrogen-bond donors (Lipinski definition) is 0. The van der Waals surface area contributed by atoms with Crippen molar-refractivity contribution in [2.45, 2.75) is 23.0 Å². The van der Waals surface area contributed by atoms with Crippen molar-refractivity contribution in [3.05, 3.63) is 41.6 Å². The van der Waals surface area contributed by atoms with Crippen LogP contribution in [0.2, 0.25) is 0 Å². The molecule has 2 aromatic heterocycles. The van der Waals surface area contributed by atoms with E-state index in [1.807, 2.05) is 6.07 Å². The van der Waals surface area contributed by atoms with Gasteiger partial charge in [0.15, 0.2) is 11.5 Å². The summed E-state index contributed by atoms with van der Waals surface area (Å²) in [5.41, 5.74) is 0.733. The fraction of sp³-hybridized carbons (Fsp3) is 0.368. The molecule has 0 N–H and O–H groups in total. The molecule has 0 saturated carbocycles. The van der Waals surface area contributed by atoms with Crippen LogP contribution in [-0.2, 0) is 10.0 Å². The van der Waals surface area contributed by atoms with Gasteiger partial charge in [0.05, 0.1) is 20.1 Å². The minimum absolute atomic E-state index is 0.139. The summed E-state index contributed by atoms with van der Waals surface area (Å²) in [5, 5.41) is 5.85. The minimum Gasteiger partial charge on any atom is -0.493 e. The van der Waals surface area contributed by atoms with Crippen LogP contribution in [-0.4, -0.2) is 50.2 Å². The number of hydrogen-bond acceptors (Lipinski definition) is 8. The molecular formula is C19H21N3O5S2. The van der Waals surface area contributed by atoms with E-state index in [-0.39, 0.29) is 5.92 Å². The van der Waals surface area contributed by atoms with Crippen molar-refractivity contribution in [1.29, 1.82) is 0 Å². The molecule has 3 heterocycles. The van der Waals surface area contributed by atoms with Crippen LogP contribution in [0.1, 0.15) is 24.7 Å². The molecule has 0 aliphatic carbocycles. The van der Waals surface area contributed by atoms with Crippen LogP contribution in [0.3, 0.4) is 0 Å². The first-order valence-corrected chi connectivity index (χ1v) is 11.4. The number of nitrogens with zero attached hydrogens (tertiary/aromatic N) is 3. The molecule has 1 aromatic carbocycles. The van der Waals surface area contributed by atoms with Gasteiger partial charge in [-0.2, -0.15) is 9.29 Å². The lowest BCUT2D eigenvalue weighted by Crippen LogP contribution is -2.38. The summed E-state index contributed by atoms with van der Waals surface area (Å²) in [6, 6.07) is 8.75. The lowest BCUT2D eigenvalue weighted by Gasteiger charge is -2.29. The molecule has 4 rings (SSSR count). The Bertz CT molecular complexity index is 1080. The number of ether oxygens (including phenoxy) is 2. The molecule has 10 heteroatoms. The summed E-state index contributed by atoms with van der Waals surface area (Å²) in [7, 11) is -0.354. The average Bonchev–Trinajstić information content (AvgIpc) is 3.46. The second kappa shape index (κ2) is 8.13. The molecule has 8 nitrogen and oxygen atoms in total. The van der Waals surface area contributed by atoms with Gasteiger partial charge in [-0.1, -0.05) is 11.2 Å². The van der Waals surface area contributed by atoms with Crippen LogP contribution < -0.4 is 9.47 Å². The maximum atomic E-state index is 12.8. The monoisotopic (exact) mass is 435 g/mol. The third-order valence-corrected chi connectivity index (χ3v) is 8.14.